The summed E-state index contributed by atoms with van der Waals surface area (Å²) < 4.78 is 5.03. The second kappa shape index (κ2) is 7.16. The number of carbonyl (C=O) groups is 2. The minimum atomic E-state index is -1.13. The number of rotatable bonds is 4. The number of carbonyl (C=O) groups excluding carboxylic acids is 1. The number of ether oxygens (including phenoxy) is 1. The Labute approximate surface area is 157 Å². The largest absolute Gasteiger partial charge is 0.478 e. The zero-order chi connectivity index (χ0) is 18.9. The number of hydrogen-bond donors (Lipinski definition) is 1. The molecule has 1 aliphatic heterocycles. The van der Waals surface area contributed by atoms with Gasteiger partial charge in [0.25, 0.3) is 0 Å². The highest BCUT2D eigenvalue weighted by molar-refractivity contribution is 7.99. The van der Waals surface area contributed by atoms with Gasteiger partial charge in [-0.2, -0.15) is 0 Å². The Morgan fingerprint density at radius 2 is 2.00 bits per heavy atom. The lowest BCUT2D eigenvalue weighted by Gasteiger charge is -2.32. The summed E-state index contributed by atoms with van der Waals surface area (Å²) in [6.07, 6.45) is 1.07. The molecule has 0 saturated carbocycles. The average molecular weight is 370 g/mol. The van der Waals surface area contributed by atoms with Crippen LogP contribution in [0.5, 0.6) is 0 Å². The minimum absolute atomic E-state index is 0.00725. The molecule has 0 aliphatic carbocycles. The molecule has 136 valence electrons. The van der Waals surface area contributed by atoms with Gasteiger partial charge < -0.3 is 9.84 Å². The molecule has 2 aromatic rings. The fraction of sp³-hybridized carbons (Fsp3) is 0.333. The quantitative estimate of drug-likeness (QED) is 0.767. The number of benzene rings is 2. The highest BCUT2D eigenvalue weighted by Crippen LogP contribution is 2.43. The zero-order valence-corrected chi connectivity index (χ0v) is 16.0. The van der Waals surface area contributed by atoms with Gasteiger partial charge in [0.05, 0.1) is 17.7 Å². The lowest BCUT2D eigenvalue weighted by Crippen LogP contribution is -2.22. The second-order valence-electron chi connectivity index (χ2n) is 6.95. The van der Waals surface area contributed by atoms with Crippen LogP contribution in [0.3, 0.4) is 0 Å². The van der Waals surface area contributed by atoms with Crippen molar-refractivity contribution in [3.8, 4) is 11.1 Å². The summed E-state index contributed by atoms with van der Waals surface area (Å²) in [6.45, 7) is 6.32. The van der Waals surface area contributed by atoms with Gasteiger partial charge >= 0.3 is 11.9 Å². The van der Waals surface area contributed by atoms with Gasteiger partial charge in [0, 0.05) is 4.90 Å². The summed E-state index contributed by atoms with van der Waals surface area (Å²) in [6, 6.07) is 11.0. The average Bonchev–Trinajstić information content (AvgIpc) is 2.61. The molecule has 0 radical (unpaired) electrons. The lowest BCUT2D eigenvalue weighted by atomic mass is 9.80. The van der Waals surface area contributed by atoms with Crippen molar-refractivity contribution in [1.82, 2.24) is 0 Å². The number of hydrogen-bond acceptors (Lipinski definition) is 4. The number of carboxylic acids is 1. The Morgan fingerprint density at radius 1 is 1.23 bits per heavy atom. The Morgan fingerprint density at radius 3 is 2.69 bits per heavy atom. The van der Waals surface area contributed by atoms with E-state index in [1.807, 2.05) is 17.8 Å². The van der Waals surface area contributed by atoms with Crippen LogP contribution in [0.4, 0.5) is 0 Å². The standard InChI is InChI=1S/C21H22O4S/c1-4-25-20(24)15-7-5-6-14(18(15)19(22)23)13-8-9-17-16(12-13)21(2,3)10-11-26-17/h5-9,12H,4,10-11H2,1-3H3,(H,22,23). The van der Waals surface area contributed by atoms with E-state index in [-0.39, 0.29) is 23.1 Å². The van der Waals surface area contributed by atoms with E-state index in [9.17, 15) is 14.7 Å². The van der Waals surface area contributed by atoms with Crippen LogP contribution in [-0.4, -0.2) is 29.4 Å². The molecule has 26 heavy (non-hydrogen) atoms. The summed E-state index contributed by atoms with van der Waals surface area (Å²) in [4.78, 5) is 25.4. The number of thioether (sulfide) groups is 1. The molecule has 0 fully saturated rings. The van der Waals surface area contributed by atoms with E-state index in [0.29, 0.717) is 5.56 Å². The molecule has 1 heterocycles. The Hall–Kier alpha value is -2.27. The third kappa shape index (κ3) is 3.36. The molecule has 0 spiro atoms. The summed E-state index contributed by atoms with van der Waals surface area (Å²) in [5.74, 6) is -0.659. The van der Waals surface area contributed by atoms with Gasteiger partial charge in [-0.15, -0.1) is 11.8 Å². The van der Waals surface area contributed by atoms with Crippen LogP contribution in [-0.2, 0) is 10.2 Å². The summed E-state index contributed by atoms with van der Waals surface area (Å²) >= 11 is 1.83. The number of esters is 1. The highest BCUT2D eigenvalue weighted by atomic mass is 32.2. The topological polar surface area (TPSA) is 63.6 Å². The second-order valence-corrected chi connectivity index (χ2v) is 8.08. The molecule has 1 N–H and O–H groups in total. The number of fused-ring (bicyclic) bond motifs is 1. The molecule has 0 bridgehead atoms. The first-order valence-corrected chi connectivity index (χ1v) is 9.65. The van der Waals surface area contributed by atoms with Crippen molar-refractivity contribution in [1.29, 1.82) is 0 Å². The lowest BCUT2D eigenvalue weighted by molar-refractivity contribution is 0.0514. The zero-order valence-electron chi connectivity index (χ0n) is 15.2. The molecular formula is C21H22O4S. The first-order valence-electron chi connectivity index (χ1n) is 8.66. The summed E-state index contributed by atoms with van der Waals surface area (Å²) in [7, 11) is 0. The molecule has 0 saturated heterocycles. The summed E-state index contributed by atoms with van der Waals surface area (Å²) in [5.41, 5.74) is 2.69. The molecule has 3 rings (SSSR count). The van der Waals surface area contributed by atoms with Crippen molar-refractivity contribution < 1.29 is 19.4 Å². The summed E-state index contributed by atoms with van der Waals surface area (Å²) in [5, 5.41) is 9.75. The van der Waals surface area contributed by atoms with Crippen LogP contribution >= 0.6 is 11.8 Å². The van der Waals surface area contributed by atoms with E-state index >= 15 is 0 Å². The molecule has 0 unspecified atom stereocenters. The SMILES string of the molecule is CCOC(=O)c1cccc(-c2ccc3c(c2)C(C)(C)CCS3)c1C(=O)O. The van der Waals surface area contributed by atoms with Gasteiger partial charge in [0.1, 0.15) is 0 Å². The van der Waals surface area contributed by atoms with Gasteiger partial charge in [0.2, 0.25) is 0 Å². The molecule has 0 amide bonds. The van der Waals surface area contributed by atoms with Crippen molar-refractivity contribution in [3.63, 3.8) is 0 Å². The molecular weight excluding hydrogens is 348 g/mol. The van der Waals surface area contributed by atoms with Gasteiger partial charge in [0.15, 0.2) is 0 Å². The maximum absolute atomic E-state index is 12.2. The molecule has 5 heteroatoms. The molecule has 2 aromatic carbocycles. The van der Waals surface area contributed by atoms with E-state index in [2.05, 4.69) is 26.0 Å². The van der Waals surface area contributed by atoms with Crippen molar-refractivity contribution in [3.05, 3.63) is 53.1 Å². The maximum atomic E-state index is 12.2. The van der Waals surface area contributed by atoms with Gasteiger partial charge in [-0.25, -0.2) is 9.59 Å². The fourth-order valence-corrected chi connectivity index (χ4v) is 4.79. The normalized spacial score (nSPS) is 15.2. The first kappa shape index (κ1) is 18.5. The van der Waals surface area contributed by atoms with Crippen molar-refractivity contribution in [2.24, 2.45) is 0 Å². The third-order valence-electron chi connectivity index (χ3n) is 4.78. The maximum Gasteiger partial charge on any atom is 0.339 e. The monoisotopic (exact) mass is 370 g/mol. The van der Waals surface area contributed by atoms with Crippen molar-refractivity contribution in [2.75, 3.05) is 12.4 Å². The Kier molecular flexibility index (Phi) is 5.10. The minimum Gasteiger partial charge on any atom is -0.478 e. The van der Waals surface area contributed by atoms with Gasteiger partial charge in [-0.3, -0.25) is 0 Å². The van der Waals surface area contributed by atoms with E-state index < -0.39 is 11.9 Å². The highest BCUT2D eigenvalue weighted by Gasteiger charge is 2.29. The fourth-order valence-electron chi connectivity index (χ4n) is 3.31. The van der Waals surface area contributed by atoms with E-state index in [4.69, 9.17) is 4.74 Å². The van der Waals surface area contributed by atoms with E-state index in [1.54, 1.807) is 19.1 Å². The van der Waals surface area contributed by atoms with Gasteiger partial charge in [-0.1, -0.05) is 32.0 Å². The van der Waals surface area contributed by atoms with Crippen molar-refractivity contribution in [2.45, 2.75) is 37.5 Å². The van der Waals surface area contributed by atoms with Crippen LogP contribution in [0.2, 0.25) is 0 Å². The van der Waals surface area contributed by atoms with Gasteiger partial charge in [-0.05, 0) is 59.4 Å². The Balaban J connectivity index is 2.17. The molecule has 1 aliphatic rings. The third-order valence-corrected chi connectivity index (χ3v) is 5.85. The molecule has 0 aromatic heterocycles. The predicted molar refractivity (Wildman–Crippen MR) is 103 cm³/mol. The van der Waals surface area contributed by atoms with Crippen LogP contribution < -0.4 is 0 Å². The van der Waals surface area contributed by atoms with Crippen molar-refractivity contribution >= 4 is 23.7 Å². The van der Waals surface area contributed by atoms with E-state index in [0.717, 1.165) is 17.7 Å². The van der Waals surface area contributed by atoms with Crippen LogP contribution in [0.15, 0.2) is 41.3 Å². The first-order chi connectivity index (χ1) is 12.3. The van der Waals surface area contributed by atoms with Crippen LogP contribution in [0.25, 0.3) is 11.1 Å². The van der Waals surface area contributed by atoms with E-state index in [1.165, 1.54) is 16.5 Å². The Bertz CT molecular complexity index is 870. The molecule has 0 atom stereocenters. The smallest absolute Gasteiger partial charge is 0.339 e. The van der Waals surface area contributed by atoms with Crippen LogP contribution in [0.1, 0.15) is 53.5 Å². The molecule has 4 nitrogen and oxygen atoms in total. The number of aromatic carboxylic acids is 1. The predicted octanol–water partition coefficient (Wildman–Crippen LogP) is 5.00. The number of carboxylic acid groups (broad SMARTS) is 1. The van der Waals surface area contributed by atoms with Crippen LogP contribution in [0, 0.1) is 0 Å².